The Morgan fingerprint density at radius 3 is 2.75 bits per heavy atom. The lowest BCUT2D eigenvalue weighted by Gasteiger charge is -2.56. The fourth-order valence-corrected chi connectivity index (χ4v) is 5.34. The molecule has 0 aromatic carbocycles. The average molecular weight is 353 g/mol. The Kier molecular flexibility index (Phi) is 4.79. The second-order valence-corrected chi connectivity index (χ2v) is 8.29. The minimum absolute atomic E-state index is 0.0118. The van der Waals surface area contributed by atoms with E-state index < -0.39 is 0 Å². The summed E-state index contributed by atoms with van der Waals surface area (Å²) in [5.41, 5.74) is 0.0118. The Balaban J connectivity index is 1.32. The van der Waals surface area contributed by atoms with Gasteiger partial charge in [0.15, 0.2) is 5.13 Å². The van der Waals surface area contributed by atoms with E-state index in [1.54, 1.807) is 18.4 Å². The van der Waals surface area contributed by atoms with Crippen LogP contribution in [0.4, 0.5) is 5.13 Å². The number of thiazole rings is 1. The molecule has 0 radical (unpaired) electrons. The van der Waals surface area contributed by atoms with Crippen LogP contribution in [0.3, 0.4) is 0 Å². The lowest BCUT2D eigenvalue weighted by molar-refractivity contribution is -0.201. The molecule has 3 aliphatic rings. The van der Waals surface area contributed by atoms with Crippen LogP contribution in [-0.2, 0) is 16.0 Å². The molecule has 3 heterocycles. The van der Waals surface area contributed by atoms with E-state index in [9.17, 15) is 5.11 Å². The Morgan fingerprint density at radius 2 is 2.08 bits per heavy atom. The maximum Gasteiger partial charge on any atom is 0.185 e. The molecule has 1 aromatic heterocycles. The van der Waals surface area contributed by atoms with Crippen molar-refractivity contribution in [2.75, 3.05) is 51.4 Å². The number of piperidine rings is 1. The van der Waals surface area contributed by atoms with Gasteiger partial charge >= 0.3 is 0 Å². The number of morpholine rings is 1. The molecule has 1 aromatic rings. The van der Waals surface area contributed by atoms with Gasteiger partial charge in [0.2, 0.25) is 0 Å². The molecule has 1 spiro atoms. The van der Waals surface area contributed by atoms with Crippen molar-refractivity contribution in [3.8, 4) is 0 Å². The Hall–Kier alpha value is -0.730. The van der Waals surface area contributed by atoms with Gasteiger partial charge in [-0.1, -0.05) is 0 Å². The van der Waals surface area contributed by atoms with Crippen LogP contribution in [0.15, 0.2) is 6.20 Å². The van der Waals surface area contributed by atoms with Crippen molar-refractivity contribution in [3.63, 3.8) is 0 Å². The number of aromatic nitrogens is 1. The number of anilines is 1. The fourth-order valence-electron chi connectivity index (χ4n) is 4.33. The molecule has 3 fully saturated rings. The molecule has 134 valence electrons. The van der Waals surface area contributed by atoms with Gasteiger partial charge < -0.3 is 19.5 Å². The van der Waals surface area contributed by atoms with Gasteiger partial charge in [-0.05, 0) is 25.9 Å². The highest BCUT2D eigenvalue weighted by Crippen LogP contribution is 2.50. The van der Waals surface area contributed by atoms with Crippen LogP contribution < -0.4 is 4.90 Å². The minimum Gasteiger partial charge on any atom is -0.392 e. The predicted molar refractivity (Wildman–Crippen MR) is 93.5 cm³/mol. The number of methoxy groups -OCH3 is 1. The first-order valence-corrected chi connectivity index (χ1v) is 9.73. The summed E-state index contributed by atoms with van der Waals surface area (Å²) in [6, 6.07) is 0. The van der Waals surface area contributed by atoms with Gasteiger partial charge in [-0.2, -0.15) is 0 Å². The number of nitrogens with zero attached hydrogens (tertiary/aromatic N) is 3. The van der Waals surface area contributed by atoms with Crippen LogP contribution in [-0.4, -0.2) is 73.7 Å². The van der Waals surface area contributed by atoms with Crippen molar-refractivity contribution >= 4 is 16.5 Å². The zero-order valence-corrected chi connectivity index (χ0v) is 15.1. The van der Waals surface area contributed by atoms with Gasteiger partial charge in [0.1, 0.15) is 0 Å². The molecule has 2 aliphatic heterocycles. The molecule has 2 saturated heterocycles. The largest absolute Gasteiger partial charge is 0.392 e. The first kappa shape index (κ1) is 16.7. The summed E-state index contributed by atoms with van der Waals surface area (Å²) in [7, 11) is 1.77. The highest BCUT2D eigenvalue weighted by atomic mass is 32.1. The lowest BCUT2D eigenvalue weighted by atomic mass is 9.58. The van der Waals surface area contributed by atoms with E-state index in [4.69, 9.17) is 9.47 Å². The second kappa shape index (κ2) is 6.88. The average Bonchev–Trinajstić information content (AvgIpc) is 3.09. The molecule has 0 amide bonds. The standard InChI is InChI=1S/C17H27N3O3S/c1-22-15-10-14(21)17(15)2-4-19(5-3-17)12-13-11-18-16(24-13)20-6-8-23-9-7-20/h11,14-15,21H,2-10,12H2,1H3/t14-,15+/m1/s1. The van der Waals surface area contributed by atoms with E-state index in [2.05, 4.69) is 14.8 Å². The van der Waals surface area contributed by atoms with Crippen LogP contribution in [0, 0.1) is 5.41 Å². The molecule has 24 heavy (non-hydrogen) atoms. The number of aliphatic hydroxyl groups excluding tert-OH is 1. The maximum atomic E-state index is 10.2. The van der Waals surface area contributed by atoms with Crippen molar-refractivity contribution in [3.05, 3.63) is 11.1 Å². The first-order valence-electron chi connectivity index (χ1n) is 8.92. The summed E-state index contributed by atoms with van der Waals surface area (Å²) in [6.45, 7) is 6.50. The van der Waals surface area contributed by atoms with Crippen molar-refractivity contribution < 1.29 is 14.6 Å². The van der Waals surface area contributed by atoms with Crippen molar-refractivity contribution in [2.24, 2.45) is 5.41 Å². The summed E-state index contributed by atoms with van der Waals surface area (Å²) in [5.74, 6) is 0. The first-order chi connectivity index (χ1) is 11.7. The molecule has 1 N–H and O–H groups in total. The molecular formula is C17H27N3O3S. The van der Waals surface area contributed by atoms with Crippen molar-refractivity contribution in [1.29, 1.82) is 0 Å². The van der Waals surface area contributed by atoms with Crippen molar-refractivity contribution in [1.82, 2.24) is 9.88 Å². The Labute approximate surface area is 147 Å². The highest BCUT2D eigenvalue weighted by Gasteiger charge is 2.55. The van der Waals surface area contributed by atoms with Gasteiger partial charge in [0.25, 0.3) is 0 Å². The van der Waals surface area contributed by atoms with Crippen LogP contribution in [0.2, 0.25) is 0 Å². The van der Waals surface area contributed by atoms with Crippen LogP contribution in [0.25, 0.3) is 0 Å². The topological polar surface area (TPSA) is 58.1 Å². The maximum absolute atomic E-state index is 10.2. The lowest BCUT2D eigenvalue weighted by Crippen LogP contribution is -2.61. The van der Waals surface area contributed by atoms with Crippen LogP contribution >= 0.6 is 11.3 Å². The molecule has 2 atom stereocenters. The minimum atomic E-state index is -0.180. The van der Waals surface area contributed by atoms with E-state index >= 15 is 0 Å². The SMILES string of the molecule is CO[C@H]1C[C@@H](O)C12CCN(Cc1cnc(N3CCOCC3)s1)CC2. The Bertz CT molecular complexity index is 553. The zero-order valence-electron chi connectivity index (χ0n) is 14.3. The monoisotopic (exact) mass is 353 g/mol. The third-order valence-corrected chi connectivity index (χ3v) is 7.06. The molecule has 0 unspecified atom stereocenters. The summed E-state index contributed by atoms with van der Waals surface area (Å²) in [4.78, 5) is 10.7. The normalized spacial score (nSPS) is 30.5. The number of hydrogen-bond donors (Lipinski definition) is 1. The summed E-state index contributed by atoms with van der Waals surface area (Å²) in [5, 5.41) is 11.3. The molecule has 1 saturated carbocycles. The van der Waals surface area contributed by atoms with E-state index in [-0.39, 0.29) is 17.6 Å². The fraction of sp³-hybridized carbons (Fsp3) is 0.824. The smallest absolute Gasteiger partial charge is 0.185 e. The van der Waals surface area contributed by atoms with Gasteiger partial charge in [-0.25, -0.2) is 4.98 Å². The zero-order chi connectivity index (χ0) is 16.6. The summed E-state index contributed by atoms with van der Waals surface area (Å²) < 4.78 is 11.0. The number of rotatable bonds is 4. The van der Waals surface area contributed by atoms with Gasteiger partial charge in [0, 0.05) is 49.7 Å². The van der Waals surface area contributed by atoms with E-state index in [1.807, 2.05) is 6.20 Å². The highest BCUT2D eigenvalue weighted by molar-refractivity contribution is 7.15. The quantitative estimate of drug-likeness (QED) is 0.882. The third kappa shape index (κ3) is 2.97. The molecule has 1 aliphatic carbocycles. The number of aliphatic hydroxyl groups is 1. The molecule has 0 bridgehead atoms. The second-order valence-electron chi connectivity index (χ2n) is 7.19. The third-order valence-electron chi connectivity index (χ3n) is 6.02. The molecule has 7 heteroatoms. The van der Waals surface area contributed by atoms with Crippen LogP contribution in [0.1, 0.15) is 24.1 Å². The van der Waals surface area contributed by atoms with Gasteiger partial charge in [-0.15, -0.1) is 11.3 Å². The van der Waals surface area contributed by atoms with E-state index in [0.717, 1.165) is 70.3 Å². The predicted octanol–water partition coefficient (Wildman–Crippen LogP) is 1.34. The van der Waals surface area contributed by atoms with E-state index in [1.165, 1.54) is 4.88 Å². The van der Waals surface area contributed by atoms with Gasteiger partial charge in [-0.3, -0.25) is 4.90 Å². The molecular weight excluding hydrogens is 326 g/mol. The van der Waals surface area contributed by atoms with E-state index in [0.29, 0.717) is 0 Å². The van der Waals surface area contributed by atoms with Crippen LogP contribution in [0.5, 0.6) is 0 Å². The van der Waals surface area contributed by atoms with Crippen molar-refractivity contribution in [2.45, 2.75) is 38.0 Å². The molecule has 6 nitrogen and oxygen atoms in total. The molecule has 4 rings (SSSR count). The van der Waals surface area contributed by atoms with Gasteiger partial charge in [0.05, 0.1) is 25.4 Å². The number of ether oxygens (including phenoxy) is 2. The Morgan fingerprint density at radius 1 is 1.33 bits per heavy atom. The summed E-state index contributed by atoms with van der Waals surface area (Å²) >= 11 is 1.80. The summed E-state index contributed by atoms with van der Waals surface area (Å²) in [6.07, 6.45) is 4.94. The number of hydrogen-bond acceptors (Lipinski definition) is 7. The number of likely N-dealkylation sites (tertiary alicyclic amines) is 1.